The van der Waals surface area contributed by atoms with Crippen LogP contribution in [0, 0.1) is 62.1 Å². The van der Waals surface area contributed by atoms with E-state index in [9.17, 15) is 19.5 Å². The van der Waals surface area contributed by atoms with Gasteiger partial charge in [0.1, 0.15) is 11.9 Å². The Hall–Kier alpha value is -2.83. The molecule has 0 aliphatic heterocycles. The van der Waals surface area contributed by atoms with Crippen LogP contribution in [0.5, 0.6) is 5.75 Å². The van der Waals surface area contributed by atoms with Crippen LogP contribution in [0.2, 0.25) is 0 Å². The maximum atomic E-state index is 13.8. The van der Waals surface area contributed by atoms with Crippen LogP contribution in [-0.2, 0) is 25.7 Å². The van der Waals surface area contributed by atoms with Gasteiger partial charge in [0.15, 0.2) is 0 Å². The lowest BCUT2D eigenvalue weighted by molar-refractivity contribution is -0.250. The average molecular weight is 718 g/mol. The molecular formula is C45H67NO6. The topological polar surface area (TPSA) is 102 Å². The molecule has 288 valence electrons. The third-order valence-electron chi connectivity index (χ3n) is 16.8. The van der Waals surface area contributed by atoms with Crippen molar-refractivity contribution in [3.8, 4) is 5.75 Å². The number of nitrogens with one attached hydrogen (secondary N) is 1. The number of carbonyl (C=O) groups excluding carboxylic acids is 2. The fourth-order valence-corrected chi connectivity index (χ4v) is 13.7. The molecule has 2 N–H and O–H groups in total. The SMILES string of the molecule is C=C(C)[C@@H]1CC[C@]2(CC(=O)NCc3ccc(OC)cc3)CC[C@]3(C)[C@H](CC[C@@H]4[C@@]5(C)CC[C@H](OC(=O)CC(C)(C)C(=O)O)C(C)(C)[C@@H]5CC[C@]43C)[C@@H]12. The minimum atomic E-state index is -1.15. The van der Waals surface area contributed by atoms with Crippen molar-refractivity contribution in [2.75, 3.05) is 7.11 Å². The van der Waals surface area contributed by atoms with Crippen LogP contribution in [-0.4, -0.2) is 36.2 Å². The average Bonchev–Trinajstić information content (AvgIpc) is 3.45. The first-order valence-corrected chi connectivity index (χ1v) is 20.2. The Morgan fingerprint density at radius 1 is 0.885 bits per heavy atom. The molecule has 0 radical (unpaired) electrons. The zero-order chi connectivity index (χ0) is 38.1. The fraction of sp³-hybridized carbons (Fsp3) is 0.756. The van der Waals surface area contributed by atoms with Crippen molar-refractivity contribution in [3.63, 3.8) is 0 Å². The van der Waals surface area contributed by atoms with E-state index in [4.69, 9.17) is 9.47 Å². The van der Waals surface area contributed by atoms with Gasteiger partial charge in [-0.15, -0.1) is 0 Å². The normalized spacial score (nSPS) is 39.2. The quantitative estimate of drug-likeness (QED) is 0.185. The molecule has 10 atom stereocenters. The number of rotatable bonds is 10. The highest BCUT2D eigenvalue weighted by atomic mass is 16.5. The van der Waals surface area contributed by atoms with Crippen LogP contribution in [0.3, 0.4) is 0 Å². The summed E-state index contributed by atoms with van der Waals surface area (Å²) in [7, 11) is 1.67. The van der Waals surface area contributed by atoms with E-state index in [1.165, 1.54) is 31.3 Å². The number of carboxylic acid groups (broad SMARTS) is 1. The molecule has 5 aliphatic rings. The summed E-state index contributed by atoms with van der Waals surface area (Å²) in [5.74, 6) is 2.11. The van der Waals surface area contributed by atoms with Crippen molar-refractivity contribution < 1.29 is 29.0 Å². The highest BCUT2D eigenvalue weighted by Gasteiger charge is 2.71. The Bertz CT molecular complexity index is 1560. The van der Waals surface area contributed by atoms with Gasteiger partial charge in [-0.05, 0) is 154 Å². The van der Waals surface area contributed by atoms with Crippen molar-refractivity contribution >= 4 is 17.8 Å². The molecule has 1 aromatic rings. The molecular weight excluding hydrogens is 650 g/mol. The molecule has 0 saturated heterocycles. The monoisotopic (exact) mass is 717 g/mol. The molecule has 52 heavy (non-hydrogen) atoms. The van der Waals surface area contributed by atoms with E-state index < -0.39 is 17.4 Å². The maximum absolute atomic E-state index is 13.8. The molecule has 5 aliphatic carbocycles. The van der Waals surface area contributed by atoms with Crippen LogP contribution < -0.4 is 10.1 Å². The first kappa shape index (κ1) is 38.9. The van der Waals surface area contributed by atoms with E-state index in [0.29, 0.717) is 42.6 Å². The summed E-state index contributed by atoms with van der Waals surface area (Å²) in [4.78, 5) is 38.6. The highest BCUT2D eigenvalue weighted by Crippen LogP contribution is 2.78. The minimum absolute atomic E-state index is 0.0151. The van der Waals surface area contributed by atoms with Gasteiger partial charge in [-0.3, -0.25) is 14.4 Å². The third-order valence-corrected chi connectivity index (χ3v) is 16.8. The van der Waals surface area contributed by atoms with Crippen molar-refractivity contribution in [2.24, 2.45) is 62.1 Å². The van der Waals surface area contributed by atoms with Crippen LogP contribution >= 0.6 is 0 Å². The summed E-state index contributed by atoms with van der Waals surface area (Å²) < 4.78 is 11.5. The predicted octanol–water partition coefficient (Wildman–Crippen LogP) is 9.77. The molecule has 0 aromatic heterocycles. The van der Waals surface area contributed by atoms with E-state index in [0.717, 1.165) is 49.8 Å². The number of allylic oxidation sites excluding steroid dienone is 1. The second-order valence-corrected chi connectivity index (χ2v) is 20.1. The summed E-state index contributed by atoms with van der Waals surface area (Å²) in [6, 6.07) is 7.95. The predicted molar refractivity (Wildman–Crippen MR) is 204 cm³/mol. The van der Waals surface area contributed by atoms with Crippen molar-refractivity contribution in [2.45, 2.75) is 145 Å². The summed E-state index contributed by atoms with van der Waals surface area (Å²) >= 11 is 0. The maximum Gasteiger partial charge on any atom is 0.309 e. The molecule has 6 rings (SSSR count). The van der Waals surface area contributed by atoms with Gasteiger partial charge in [-0.1, -0.05) is 58.9 Å². The summed E-state index contributed by atoms with van der Waals surface area (Å²) in [5.41, 5.74) is 1.52. The summed E-state index contributed by atoms with van der Waals surface area (Å²) in [6.07, 6.45) is 11.3. The molecule has 5 saturated carbocycles. The largest absolute Gasteiger partial charge is 0.497 e. The van der Waals surface area contributed by atoms with E-state index in [1.807, 2.05) is 24.3 Å². The summed E-state index contributed by atoms with van der Waals surface area (Å²) in [5, 5.41) is 12.9. The number of carbonyl (C=O) groups is 3. The number of hydrogen-bond acceptors (Lipinski definition) is 5. The first-order chi connectivity index (χ1) is 24.2. The Morgan fingerprint density at radius 2 is 1.58 bits per heavy atom. The fourth-order valence-electron chi connectivity index (χ4n) is 13.7. The second kappa shape index (κ2) is 13.5. The number of amides is 1. The number of aliphatic carboxylic acids is 1. The van der Waals surface area contributed by atoms with Crippen LogP contribution in [0.4, 0.5) is 0 Å². The highest BCUT2D eigenvalue weighted by molar-refractivity contribution is 5.81. The summed E-state index contributed by atoms with van der Waals surface area (Å²) in [6.45, 7) is 22.9. The lowest BCUT2D eigenvalue weighted by Crippen LogP contribution is -2.67. The number of hydrogen-bond donors (Lipinski definition) is 2. The van der Waals surface area contributed by atoms with Crippen LogP contribution in [0.15, 0.2) is 36.4 Å². The third kappa shape index (κ3) is 6.22. The van der Waals surface area contributed by atoms with Gasteiger partial charge in [0, 0.05) is 18.4 Å². The Balaban J connectivity index is 1.21. The molecule has 1 amide bonds. The smallest absolute Gasteiger partial charge is 0.309 e. The van der Waals surface area contributed by atoms with Gasteiger partial charge < -0.3 is 19.9 Å². The molecule has 0 bridgehead atoms. The zero-order valence-electron chi connectivity index (χ0n) is 33.7. The van der Waals surface area contributed by atoms with Gasteiger partial charge in [-0.2, -0.15) is 0 Å². The van der Waals surface area contributed by atoms with Crippen molar-refractivity contribution in [3.05, 3.63) is 42.0 Å². The minimum Gasteiger partial charge on any atom is -0.497 e. The molecule has 0 spiro atoms. The number of benzene rings is 1. The number of fused-ring (bicyclic) bond motifs is 7. The number of carboxylic acids is 1. The van der Waals surface area contributed by atoms with E-state index in [1.54, 1.807) is 21.0 Å². The lowest BCUT2D eigenvalue weighted by atomic mass is 9.32. The van der Waals surface area contributed by atoms with Gasteiger partial charge >= 0.3 is 11.9 Å². The van der Waals surface area contributed by atoms with E-state index in [2.05, 4.69) is 53.4 Å². The van der Waals surface area contributed by atoms with Crippen LogP contribution in [0.25, 0.3) is 0 Å². The van der Waals surface area contributed by atoms with Crippen molar-refractivity contribution in [1.82, 2.24) is 5.32 Å². The van der Waals surface area contributed by atoms with E-state index >= 15 is 0 Å². The first-order valence-electron chi connectivity index (χ1n) is 20.2. The Labute approximate surface area is 313 Å². The second-order valence-electron chi connectivity index (χ2n) is 20.1. The Morgan fingerprint density at radius 3 is 2.21 bits per heavy atom. The van der Waals surface area contributed by atoms with Gasteiger partial charge in [-0.25, -0.2) is 0 Å². The van der Waals surface area contributed by atoms with Crippen molar-refractivity contribution in [1.29, 1.82) is 0 Å². The molecule has 0 heterocycles. The molecule has 1 aromatic carbocycles. The van der Waals surface area contributed by atoms with Gasteiger partial charge in [0.05, 0.1) is 18.9 Å². The molecule has 7 heteroatoms. The molecule has 7 nitrogen and oxygen atoms in total. The molecule has 5 fully saturated rings. The number of esters is 1. The van der Waals surface area contributed by atoms with E-state index in [-0.39, 0.29) is 45.5 Å². The Kier molecular flexibility index (Phi) is 10.1. The van der Waals surface area contributed by atoms with Gasteiger partial charge in [0.25, 0.3) is 0 Å². The number of methoxy groups -OCH3 is 1. The zero-order valence-corrected chi connectivity index (χ0v) is 33.7. The lowest BCUT2D eigenvalue weighted by Gasteiger charge is -2.73. The van der Waals surface area contributed by atoms with Crippen LogP contribution in [0.1, 0.15) is 138 Å². The van der Waals surface area contributed by atoms with Gasteiger partial charge in [0.2, 0.25) is 5.91 Å². The number of ether oxygens (including phenoxy) is 2. The molecule has 0 unspecified atom stereocenters. The standard InChI is InChI=1S/C45H67NO6/c1-28(2)31-17-22-45(25-36(47)46-27-29-11-13-30(51-10)14-12-29)24-23-43(8)32(38(31)45)15-16-34-42(7)20-19-35(52-37(48)26-40(3,4)39(49)50)41(5,6)33(42)18-21-44(34,43)9/h11-14,31-35,38H,1,15-27H2,2-10H3,(H,46,47)(H,49,50)/t31-,32+,33-,34+,35-,38+,42-,43+,44+,45+/m0/s1.